The molecule has 0 amide bonds. The van der Waals surface area contributed by atoms with Crippen LogP contribution < -0.4 is 10.1 Å². The van der Waals surface area contributed by atoms with Crippen molar-refractivity contribution >= 4 is 15.9 Å². The number of halogens is 1. The third-order valence-electron chi connectivity index (χ3n) is 2.19. The summed E-state index contributed by atoms with van der Waals surface area (Å²) < 4.78 is 6.45. The van der Waals surface area contributed by atoms with Crippen LogP contribution in [-0.2, 0) is 0 Å². The number of rotatable bonds is 6. The molecule has 1 aromatic carbocycles. The predicted octanol–water partition coefficient (Wildman–Crippen LogP) is 3.09. The van der Waals surface area contributed by atoms with Crippen LogP contribution in [0.2, 0.25) is 0 Å². The van der Waals surface area contributed by atoms with Crippen LogP contribution >= 0.6 is 15.9 Å². The van der Waals surface area contributed by atoms with Gasteiger partial charge in [0.1, 0.15) is 5.75 Å². The minimum atomic E-state index is 0.511. The molecule has 0 aliphatic carbocycles. The number of nitrogens with zero attached hydrogens (tertiary/aromatic N) is 1. The van der Waals surface area contributed by atoms with E-state index in [0.717, 1.165) is 23.2 Å². The molecule has 1 N–H and O–H groups in total. The minimum Gasteiger partial charge on any atom is -0.492 e. The van der Waals surface area contributed by atoms with Crippen molar-refractivity contribution in [2.24, 2.45) is 0 Å². The van der Waals surface area contributed by atoms with Gasteiger partial charge in [-0.05, 0) is 47.1 Å². The SMILES string of the molecule is CC(C)NCCCOc1ccc(C#N)cc1Br. The van der Waals surface area contributed by atoms with Gasteiger partial charge in [-0.2, -0.15) is 5.26 Å². The Labute approximate surface area is 111 Å². The van der Waals surface area contributed by atoms with E-state index in [1.165, 1.54) is 0 Å². The molecule has 0 atom stereocenters. The Morgan fingerprint density at radius 3 is 2.82 bits per heavy atom. The highest BCUT2D eigenvalue weighted by molar-refractivity contribution is 9.10. The molecule has 1 rings (SSSR count). The molecule has 3 nitrogen and oxygen atoms in total. The van der Waals surface area contributed by atoms with E-state index in [0.29, 0.717) is 18.2 Å². The van der Waals surface area contributed by atoms with E-state index in [-0.39, 0.29) is 0 Å². The fourth-order valence-corrected chi connectivity index (χ4v) is 1.83. The van der Waals surface area contributed by atoms with E-state index in [1.807, 2.05) is 6.07 Å². The second-order valence-corrected chi connectivity index (χ2v) is 4.92. The second kappa shape index (κ2) is 7.31. The van der Waals surface area contributed by atoms with Crippen molar-refractivity contribution in [2.75, 3.05) is 13.2 Å². The van der Waals surface area contributed by atoms with Gasteiger partial charge in [-0.3, -0.25) is 0 Å². The molecule has 0 saturated carbocycles. The van der Waals surface area contributed by atoms with Crippen LogP contribution in [0, 0.1) is 11.3 Å². The number of nitriles is 1. The summed E-state index contributed by atoms with van der Waals surface area (Å²) >= 11 is 3.39. The zero-order valence-electron chi connectivity index (χ0n) is 10.2. The molecule has 0 aromatic heterocycles. The first-order valence-electron chi connectivity index (χ1n) is 5.69. The first-order chi connectivity index (χ1) is 8.13. The van der Waals surface area contributed by atoms with Crippen molar-refractivity contribution in [3.05, 3.63) is 28.2 Å². The van der Waals surface area contributed by atoms with Crippen LogP contribution in [-0.4, -0.2) is 19.2 Å². The van der Waals surface area contributed by atoms with Gasteiger partial charge in [0.2, 0.25) is 0 Å². The van der Waals surface area contributed by atoms with Crippen LogP contribution in [0.15, 0.2) is 22.7 Å². The second-order valence-electron chi connectivity index (χ2n) is 4.07. The van der Waals surface area contributed by atoms with Crippen molar-refractivity contribution in [1.82, 2.24) is 5.32 Å². The summed E-state index contributed by atoms with van der Waals surface area (Å²) in [7, 11) is 0. The van der Waals surface area contributed by atoms with Gasteiger partial charge in [0.25, 0.3) is 0 Å². The quantitative estimate of drug-likeness (QED) is 0.821. The average molecular weight is 297 g/mol. The number of hydrogen-bond donors (Lipinski definition) is 1. The molecule has 1 aromatic rings. The standard InChI is InChI=1S/C13H17BrN2O/c1-10(2)16-6-3-7-17-13-5-4-11(9-15)8-12(13)14/h4-5,8,10,16H,3,6-7H2,1-2H3. The van der Waals surface area contributed by atoms with Crippen molar-refractivity contribution in [3.63, 3.8) is 0 Å². The van der Waals surface area contributed by atoms with Gasteiger partial charge in [0.15, 0.2) is 0 Å². The Hall–Kier alpha value is -1.05. The topological polar surface area (TPSA) is 45.0 Å². The Bertz CT molecular complexity index is 399. The molecule has 0 saturated heterocycles. The van der Waals surface area contributed by atoms with E-state index in [4.69, 9.17) is 10.00 Å². The summed E-state index contributed by atoms with van der Waals surface area (Å²) in [6.45, 7) is 5.87. The highest BCUT2D eigenvalue weighted by Crippen LogP contribution is 2.25. The van der Waals surface area contributed by atoms with Crippen LogP contribution in [0.5, 0.6) is 5.75 Å². The Balaban J connectivity index is 2.35. The fraction of sp³-hybridized carbons (Fsp3) is 0.462. The van der Waals surface area contributed by atoms with Crippen LogP contribution in [0.3, 0.4) is 0 Å². The molecule has 0 spiro atoms. The lowest BCUT2D eigenvalue weighted by molar-refractivity contribution is 0.304. The van der Waals surface area contributed by atoms with Gasteiger partial charge in [-0.1, -0.05) is 13.8 Å². The zero-order valence-corrected chi connectivity index (χ0v) is 11.8. The summed E-state index contributed by atoms with van der Waals surface area (Å²) in [6, 6.07) is 7.94. The van der Waals surface area contributed by atoms with Gasteiger partial charge >= 0.3 is 0 Å². The lowest BCUT2D eigenvalue weighted by Gasteiger charge is -2.10. The van der Waals surface area contributed by atoms with Crippen LogP contribution in [0.25, 0.3) is 0 Å². The number of benzene rings is 1. The predicted molar refractivity (Wildman–Crippen MR) is 72.1 cm³/mol. The molecular weight excluding hydrogens is 280 g/mol. The maximum absolute atomic E-state index is 8.73. The van der Waals surface area contributed by atoms with E-state index in [1.54, 1.807) is 12.1 Å². The van der Waals surface area contributed by atoms with Crippen molar-refractivity contribution < 1.29 is 4.74 Å². The van der Waals surface area contributed by atoms with Crippen LogP contribution in [0.1, 0.15) is 25.8 Å². The molecular formula is C13H17BrN2O. The fourth-order valence-electron chi connectivity index (χ4n) is 1.33. The van der Waals surface area contributed by atoms with E-state index in [9.17, 15) is 0 Å². The van der Waals surface area contributed by atoms with Gasteiger partial charge in [0, 0.05) is 6.04 Å². The van der Waals surface area contributed by atoms with Gasteiger partial charge in [-0.25, -0.2) is 0 Å². The Morgan fingerprint density at radius 2 is 2.24 bits per heavy atom. The molecule has 0 aliphatic heterocycles. The zero-order chi connectivity index (χ0) is 12.7. The highest BCUT2D eigenvalue weighted by Gasteiger charge is 2.02. The van der Waals surface area contributed by atoms with Gasteiger partial charge in [0.05, 0.1) is 22.7 Å². The van der Waals surface area contributed by atoms with E-state index >= 15 is 0 Å². The molecule has 17 heavy (non-hydrogen) atoms. The summed E-state index contributed by atoms with van der Waals surface area (Å²) in [5.41, 5.74) is 0.630. The molecule has 0 heterocycles. The highest BCUT2D eigenvalue weighted by atomic mass is 79.9. The number of hydrogen-bond acceptors (Lipinski definition) is 3. The average Bonchev–Trinajstić information content (AvgIpc) is 2.30. The maximum Gasteiger partial charge on any atom is 0.133 e. The first kappa shape index (κ1) is 14.0. The largest absolute Gasteiger partial charge is 0.492 e. The van der Waals surface area contributed by atoms with E-state index < -0.39 is 0 Å². The summed E-state index contributed by atoms with van der Waals surface area (Å²) in [5.74, 6) is 0.786. The van der Waals surface area contributed by atoms with Crippen molar-refractivity contribution in [1.29, 1.82) is 5.26 Å². The van der Waals surface area contributed by atoms with Gasteiger partial charge < -0.3 is 10.1 Å². The molecule has 0 aliphatic rings. The lowest BCUT2D eigenvalue weighted by Crippen LogP contribution is -2.24. The van der Waals surface area contributed by atoms with Gasteiger partial charge in [-0.15, -0.1) is 0 Å². The summed E-state index contributed by atoms with van der Waals surface area (Å²) in [4.78, 5) is 0. The smallest absolute Gasteiger partial charge is 0.133 e. The Morgan fingerprint density at radius 1 is 1.47 bits per heavy atom. The molecule has 0 radical (unpaired) electrons. The molecule has 0 unspecified atom stereocenters. The molecule has 0 bridgehead atoms. The number of ether oxygens (including phenoxy) is 1. The molecule has 0 fully saturated rings. The third-order valence-corrected chi connectivity index (χ3v) is 2.81. The minimum absolute atomic E-state index is 0.511. The lowest BCUT2D eigenvalue weighted by atomic mass is 10.2. The van der Waals surface area contributed by atoms with Crippen LogP contribution in [0.4, 0.5) is 0 Å². The monoisotopic (exact) mass is 296 g/mol. The summed E-state index contributed by atoms with van der Waals surface area (Å²) in [6.07, 6.45) is 0.963. The third kappa shape index (κ3) is 5.20. The molecule has 92 valence electrons. The van der Waals surface area contributed by atoms with Crippen molar-refractivity contribution in [3.8, 4) is 11.8 Å². The number of nitrogens with one attached hydrogen (secondary N) is 1. The van der Waals surface area contributed by atoms with E-state index in [2.05, 4.69) is 41.2 Å². The maximum atomic E-state index is 8.73. The Kier molecular flexibility index (Phi) is 6.03. The summed E-state index contributed by atoms with van der Waals surface area (Å²) in [5, 5.41) is 12.1. The normalized spacial score (nSPS) is 10.3. The van der Waals surface area contributed by atoms with Crippen molar-refractivity contribution in [2.45, 2.75) is 26.3 Å². The molecule has 4 heteroatoms. The first-order valence-corrected chi connectivity index (χ1v) is 6.48.